The van der Waals surface area contributed by atoms with Gasteiger partial charge in [0.25, 0.3) is 0 Å². The molecular formula is C64H43N. The van der Waals surface area contributed by atoms with Crippen LogP contribution in [-0.2, 0) is 0 Å². The number of rotatable bonds is 8. The first-order valence-electron chi connectivity index (χ1n) is 22.4. The van der Waals surface area contributed by atoms with Crippen LogP contribution in [-0.4, -0.2) is 0 Å². The average molecular weight is 826 g/mol. The second kappa shape index (κ2) is 16.3. The van der Waals surface area contributed by atoms with E-state index in [1.807, 2.05) is 0 Å². The summed E-state index contributed by atoms with van der Waals surface area (Å²) < 4.78 is 0. The maximum atomic E-state index is 2.43. The van der Waals surface area contributed by atoms with Gasteiger partial charge in [0.1, 0.15) is 0 Å². The van der Waals surface area contributed by atoms with Gasteiger partial charge in [0.15, 0.2) is 0 Å². The summed E-state index contributed by atoms with van der Waals surface area (Å²) in [5, 5.41) is 9.84. The molecule has 0 saturated heterocycles. The van der Waals surface area contributed by atoms with Crippen molar-refractivity contribution in [2.75, 3.05) is 4.90 Å². The molecule has 0 aromatic heterocycles. The zero-order chi connectivity index (χ0) is 43.1. The zero-order valence-electron chi connectivity index (χ0n) is 35.8. The lowest BCUT2D eigenvalue weighted by Gasteiger charge is -2.28. The largest absolute Gasteiger partial charge is 0.310 e. The Labute approximate surface area is 379 Å². The Kier molecular flexibility index (Phi) is 9.58. The first-order chi connectivity index (χ1) is 32.2. The molecule has 12 aromatic carbocycles. The molecule has 12 rings (SSSR count). The lowest BCUT2D eigenvalue weighted by molar-refractivity contribution is 1.30. The SMILES string of the molecule is c1ccc(-c2ccc3cc(N(c4ccc(-c5ccc6c(c5)c(-c5ccccc5)c(-c5ccccc5)c5ccccc56)cc4)c4ccc(-c5ccccc5)c5ccccc45)ccc3c2)cc1. The number of benzene rings is 12. The molecule has 0 saturated carbocycles. The zero-order valence-corrected chi connectivity index (χ0v) is 35.8. The minimum absolute atomic E-state index is 1.09. The van der Waals surface area contributed by atoms with Crippen molar-refractivity contribution in [2.24, 2.45) is 0 Å². The van der Waals surface area contributed by atoms with Crippen molar-refractivity contribution in [1.29, 1.82) is 0 Å². The molecule has 0 N–H and O–H groups in total. The van der Waals surface area contributed by atoms with Crippen LogP contribution in [0.4, 0.5) is 17.1 Å². The molecule has 0 unspecified atom stereocenters. The molecule has 12 aromatic rings. The Balaban J connectivity index is 1.02. The van der Waals surface area contributed by atoms with E-state index in [-0.39, 0.29) is 0 Å². The van der Waals surface area contributed by atoms with Crippen LogP contribution in [0.5, 0.6) is 0 Å². The van der Waals surface area contributed by atoms with Crippen LogP contribution in [0.15, 0.2) is 261 Å². The van der Waals surface area contributed by atoms with E-state index in [1.165, 1.54) is 98.7 Å². The summed E-state index contributed by atoms with van der Waals surface area (Å²) in [5.74, 6) is 0. The van der Waals surface area contributed by atoms with Crippen molar-refractivity contribution >= 4 is 60.2 Å². The molecular weight excluding hydrogens is 783 g/mol. The van der Waals surface area contributed by atoms with E-state index in [2.05, 4.69) is 266 Å². The summed E-state index contributed by atoms with van der Waals surface area (Å²) >= 11 is 0. The summed E-state index contributed by atoms with van der Waals surface area (Å²) in [7, 11) is 0. The second-order valence-electron chi connectivity index (χ2n) is 16.8. The minimum atomic E-state index is 1.09. The Morgan fingerprint density at radius 3 is 1.34 bits per heavy atom. The van der Waals surface area contributed by atoms with Gasteiger partial charge in [-0.2, -0.15) is 0 Å². The predicted molar refractivity (Wildman–Crippen MR) is 278 cm³/mol. The van der Waals surface area contributed by atoms with Crippen molar-refractivity contribution in [1.82, 2.24) is 0 Å². The van der Waals surface area contributed by atoms with Gasteiger partial charge in [-0.05, 0) is 136 Å². The van der Waals surface area contributed by atoms with E-state index in [4.69, 9.17) is 0 Å². The molecule has 65 heavy (non-hydrogen) atoms. The molecule has 0 heterocycles. The van der Waals surface area contributed by atoms with Crippen molar-refractivity contribution in [2.45, 2.75) is 0 Å². The van der Waals surface area contributed by atoms with Gasteiger partial charge in [-0.3, -0.25) is 0 Å². The van der Waals surface area contributed by atoms with Crippen LogP contribution < -0.4 is 4.90 Å². The number of fused-ring (bicyclic) bond motifs is 5. The van der Waals surface area contributed by atoms with Gasteiger partial charge < -0.3 is 4.90 Å². The van der Waals surface area contributed by atoms with Crippen LogP contribution in [0.3, 0.4) is 0 Å². The van der Waals surface area contributed by atoms with Gasteiger partial charge in [-0.1, -0.05) is 218 Å². The standard InChI is InChI=1S/C64H43N/c1-5-17-44(18-6-1)49-29-30-51-42-54(37-33-50(51)41-49)65(62-40-39-55(46-19-7-2-8-20-46)56-25-13-15-27-59(56)62)53-35-31-45(32-36-53)52-34-38-58-57-26-14-16-28-60(57)63(47-21-9-3-10-22-47)64(61(58)43-52)48-23-11-4-12-24-48/h1-43H. The molecule has 0 spiro atoms. The van der Waals surface area contributed by atoms with Gasteiger partial charge in [0, 0.05) is 16.8 Å². The highest BCUT2D eigenvalue weighted by molar-refractivity contribution is 6.22. The highest BCUT2D eigenvalue weighted by Crippen LogP contribution is 2.47. The van der Waals surface area contributed by atoms with E-state index in [0.717, 1.165) is 17.1 Å². The number of anilines is 3. The third-order valence-corrected chi connectivity index (χ3v) is 13.0. The molecule has 0 atom stereocenters. The van der Waals surface area contributed by atoms with Crippen LogP contribution >= 0.6 is 0 Å². The quantitative estimate of drug-likeness (QED) is 0.138. The molecule has 0 radical (unpaired) electrons. The Hall–Kier alpha value is -8.52. The molecule has 0 aliphatic rings. The summed E-state index contributed by atoms with van der Waals surface area (Å²) in [6, 6.07) is 95.2. The maximum Gasteiger partial charge on any atom is 0.0540 e. The fourth-order valence-corrected chi connectivity index (χ4v) is 9.94. The highest BCUT2D eigenvalue weighted by atomic mass is 15.1. The molecule has 304 valence electrons. The normalized spacial score (nSPS) is 11.4. The molecule has 0 fully saturated rings. The van der Waals surface area contributed by atoms with Gasteiger partial charge >= 0.3 is 0 Å². The third kappa shape index (κ3) is 6.92. The number of hydrogen-bond acceptors (Lipinski definition) is 1. The smallest absolute Gasteiger partial charge is 0.0540 e. The summed E-state index contributed by atoms with van der Waals surface area (Å²) in [6.45, 7) is 0. The van der Waals surface area contributed by atoms with E-state index >= 15 is 0 Å². The highest BCUT2D eigenvalue weighted by Gasteiger charge is 2.20. The fourth-order valence-electron chi connectivity index (χ4n) is 9.94. The first kappa shape index (κ1) is 38.2. The average Bonchev–Trinajstić information content (AvgIpc) is 3.39. The van der Waals surface area contributed by atoms with Crippen molar-refractivity contribution < 1.29 is 0 Å². The molecule has 0 aliphatic carbocycles. The van der Waals surface area contributed by atoms with Crippen LogP contribution in [0.2, 0.25) is 0 Å². The monoisotopic (exact) mass is 825 g/mol. The van der Waals surface area contributed by atoms with Crippen LogP contribution in [0.1, 0.15) is 0 Å². The van der Waals surface area contributed by atoms with E-state index < -0.39 is 0 Å². The van der Waals surface area contributed by atoms with Crippen molar-refractivity contribution in [3.05, 3.63) is 261 Å². The summed E-state index contributed by atoms with van der Waals surface area (Å²) in [6.07, 6.45) is 0. The molecule has 0 bridgehead atoms. The number of hydrogen-bond donors (Lipinski definition) is 0. The lowest BCUT2D eigenvalue weighted by atomic mass is 9.84. The molecule has 0 amide bonds. The number of nitrogens with zero attached hydrogens (tertiary/aromatic N) is 1. The van der Waals surface area contributed by atoms with Crippen molar-refractivity contribution in [3.63, 3.8) is 0 Å². The Bertz CT molecular complexity index is 3670. The summed E-state index contributed by atoms with van der Waals surface area (Å²) in [5.41, 5.74) is 15.5. The Morgan fingerprint density at radius 1 is 0.215 bits per heavy atom. The lowest BCUT2D eigenvalue weighted by Crippen LogP contribution is -2.10. The van der Waals surface area contributed by atoms with E-state index in [1.54, 1.807) is 0 Å². The van der Waals surface area contributed by atoms with E-state index in [0.29, 0.717) is 0 Å². The van der Waals surface area contributed by atoms with Gasteiger partial charge in [-0.25, -0.2) is 0 Å². The second-order valence-corrected chi connectivity index (χ2v) is 16.8. The molecule has 1 heteroatoms. The van der Waals surface area contributed by atoms with Gasteiger partial charge in [0.2, 0.25) is 0 Å². The fraction of sp³-hybridized carbons (Fsp3) is 0. The third-order valence-electron chi connectivity index (χ3n) is 13.0. The topological polar surface area (TPSA) is 3.24 Å². The van der Waals surface area contributed by atoms with Crippen LogP contribution in [0.25, 0.3) is 98.7 Å². The molecule has 0 aliphatic heterocycles. The summed E-state index contributed by atoms with van der Waals surface area (Å²) in [4.78, 5) is 2.43. The van der Waals surface area contributed by atoms with Crippen LogP contribution in [0, 0.1) is 0 Å². The predicted octanol–water partition coefficient (Wildman–Crippen LogP) is 18.1. The van der Waals surface area contributed by atoms with Gasteiger partial charge in [-0.15, -0.1) is 0 Å². The Morgan fingerprint density at radius 2 is 0.662 bits per heavy atom. The van der Waals surface area contributed by atoms with Gasteiger partial charge in [0.05, 0.1) is 5.69 Å². The van der Waals surface area contributed by atoms with Crippen molar-refractivity contribution in [3.8, 4) is 55.6 Å². The molecule has 1 nitrogen and oxygen atoms in total. The van der Waals surface area contributed by atoms with E-state index in [9.17, 15) is 0 Å². The minimum Gasteiger partial charge on any atom is -0.310 e. The first-order valence-corrected chi connectivity index (χ1v) is 22.4. The maximum absolute atomic E-state index is 2.43.